The van der Waals surface area contributed by atoms with Crippen LogP contribution >= 0.6 is 0 Å². The Morgan fingerprint density at radius 2 is 1.95 bits per heavy atom. The van der Waals surface area contributed by atoms with E-state index in [0.717, 1.165) is 5.56 Å². The van der Waals surface area contributed by atoms with Crippen LogP contribution in [0.3, 0.4) is 0 Å². The molecule has 0 saturated heterocycles. The molecule has 1 aromatic carbocycles. The van der Waals surface area contributed by atoms with E-state index in [1.807, 2.05) is 13.0 Å². The number of aryl methyl sites for hydroxylation is 2. The molecule has 1 rings (SSSR count). The predicted molar refractivity (Wildman–Crippen MR) is 72.4 cm³/mol. The van der Waals surface area contributed by atoms with Crippen LogP contribution < -0.4 is 0 Å². The highest BCUT2D eigenvalue weighted by Crippen LogP contribution is 2.20. The first-order chi connectivity index (χ1) is 8.78. The van der Waals surface area contributed by atoms with E-state index in [1.165, 1.54) is 18.5 Å². The van der Waals surface area contributed by atoms with Crippen molar-refractivity contribution >= 4 is 16.0 Å². The fourth-order valence-corrected chi connectivity index (χ4v) is 3.10. The minimum Gasteiger partial charge on any atom is -0.469 e. The maximum absolute atomic E-state index is 12.3. The van der Waals surface area contributed by atoms with Crippen LogP contribution in [-0.4, -0.2) is 39.4 Å². The number of rotatable bonds is 5. The minimum atomic E-state index is -3.56. The van der Waals surface area contributed by atoms with Gasteiger partial charge in [-0.3, -0.25) is 4.79 Å². The molecule has 0 amide bonds. The van der Waals surface area contributed by atoms with E-state index >= 15 is 0 Å². The van der Waals surface area contributed by atoms with Crippen molar-refractivity contribution in [3.63, 3.8) is 0 Å². The van der Waals surface area contributed by atoms with E-state index in [1.54, 1.807) is 19.1 Å². The van der Waals surface area contributed by atoms with Gasteiger partial charge in [0, 0.05) is 13.6 Å². The van der Waals surface area contributed by atoms with Gasteiger partial charge in [-0.1, -0.05) is 17.7 Å². The smallest absolute Gasteiger partial charge is 0.306 e. The third-order valence-electron chi connectivity index (χ3n) is 2.88. The van der Waals surface area contributed by atoms with Crippen LogP contribution in [-0.2, 0) is 19.6 Å². The Morgan fingerprint density at radius 1 is 1.32 bits per heavy atom. The number of hydrogen-bond acceptors (Lipinski definition) is 4. The molecule has 106 valence electrons. The molecule has 0 unspecified atom stereocenters. The van der Waals surface area contributed by atoms with Crippen molar-refractivity contribution in [2.75, 3.05) is 20.7 Å². The van der Waals surface area contributed by atoms with Crippen LogP contribution in [0.15, 0.2) is 23.1 Å². The maximum atomic E-state index is 12.3. The zero-order valence-corrected chi connectivity index (χ0v) is 12.5. The van der Waals surface area contributed by atoms with E-state index in [2.05, 4.69) is 4.74 Å². The van der Waals surface area contributed by atoms with E-state index in [0.29, 0.717) is 5.56 Å². The predicted octanol–water partition coefficient (Wildman–Crippen LogP) is 1.49. The molecule has 0 fully saturated rings. The normalized spacial score (nSPS) is 11.6. The van der Waals surface area contributed by atoms with Gasteiger partial charge in [0.05, 0.1) is 18.4 Å². The van der Waals surface area contributed by atoms with Crippen LogP contribution in [0.5, 0.6) is 0 Å². The number of hydrogen-bond donors (Lipinski definition) is 0. The molecular weight excluding hydrogens is 266 g/mol. The molecule has 0 aliphatic rings. The Kier molecular flexibility index (Phi) is 5.08. The van der Waals surface area contributed by atoms with Gasteiger partial charge in [-0.2, -0.15) is 0 Å². The molecule has 5 nitrogen and oxygen atoms in total. The van der Waals surface area contributed by atoms with Crippen molar-refractivity contribution in [2.45, 2.75) is 25.2 Å². The average Bonchev–Trinajstić information content (AvgIpc) is 2.34. The highest BCUT2D eigenvalue weighted by molar-refractivity contribution is 7.89. The zero-order chi connectivity index (χ0) is 14.6. The van der Waals surface area contributed by atoms with Gasteiger partial charge in [-0.15, -0.1) is 0 Å². The van der Waals surface area contributed by atoms with E-state index in [9.17, 15) is 13.2 Å². The van der Waals surface area contributed by atoms with Gasteiger partial charge in [-0.25, -0.2) is 12.7 Å². The lowest BCUT2D eigenvalue weighted by Gasteiger charge is -2.18. The summed E-state index contributed by atoms with van der Waals surface area (Å²) in [6, 6.07) is 5.17. The zero-order valence-electron chi connectivity index (χ0n) is 11.6. The van der Waals surface area contributed by atoms with E-state index < -0.39 is 16.0 Å². The number of sulfonamides is 1. The number of benzene rings is 1. The standard InChI is InChI=1S/C13H19NO4S/c1-10-5-6-12(11(2)9-10)19(16,17)14(3)8-7-13(15)18-4/h5-6,9H,7-8H2,1-4H3. The van der Waals surface area contributed by atoms with Gasteiger partial charge >= 0.3 is 5.97 Å². The van der Waals surface area contributed by atoms with E-state index in [-0.39, 0.29) is 17.9 Å². The molecule has 0 aromatic heterocycles. The Bertz CT molecular complexity index is 566. The monoisotopic (exact) mass is 285 g/mol. The number of esters is 1. The molecule has 0 atom stereocenters. The summed E-state index contributed by atoms with van der Waals surface area (Å²) >= 11 is 0. The van der Waals surface area contributed by atoms with Crippen LogP contribution in [0.4, 0.5) is 0 Å². The van der Waals surface area contributed by atoms with Crippen molar-refractivity contribution in [3.05, 3.63) is 29.3 Å². The van der Waals surface area contributed by atoms with Crippen molar-refractivity contribution < 1.29 is 17.9 Å². The molecule has 1 aromatic rings. The molecule has 0 saturated carbocycles. The van der Waals surface area contributed by atoms with Crippen LogP contribution in [0.25, 0.3) is 0 Å². The fraction of sp³-hybridized carbons (Fsp3) is 0.462. The lowest BCUT2D eigenvalue weighted by Crippen LogP contribution is -2.30. The number of carbonyl (C=O) groups excluding carboxylic acids is 1. The van der Waals surface area contributed by atoms with Crippen molar-refractivity contribution in [1.82, 2.24) is 4.31 Å². The summed E-state index contributed by atoms with van der Waals surface area (Å²) in [4.78, 5) is 11.3. The molecule has 6 heteroatoms. The SMILES string of the molecule is COC(=O)CCN(C)S(=O)(=O)c1ccc(C)cc1C. The first-order valence-corrected chi connectivity index (χ1v) is 7.33. The second-order valence-electron chi connectivity index (χ2n) is 4.42. The molecular formula is C13H19NO4S. The van der Waals surface area contributed by atoms with Gasteiger partial charge in [0.2, 0.25) is 10.0 Å². The molecule has 0 aliphatic heterocycles. The van der Waals surface area contributed by atoms with Crippen molar-refractivity contribution in [2.24, 2.45) is 0 Å². The number of ether oxygens (including phenoxy) is 1. The van der Waals surface area contributed by atoms with Crippen LogP contribution in [0, 0.1) is 13.8 Å². The second-order valence-corrected chi connectivity index (χ2v) is 6.43. The lowest BCUT2D eigenvalue weighted by atomic mass is 10.2. The third kappa shape index (κ3) is 3.78. The Balaban J connectivity index is 2.94. The molecule has 0 aliphatic carbocycles. The molecule has 0 radical (unpaired) electrons. The number of carbonyl (C=O) groups is 1. The molecule has 0 spiro atoms. The number of nitrogens with zero attached hydrogens (tertiary/aromatic N) is 1. The summed E-state index contributed by atoms with van der Waals surface area (Å²) in [5, 5.41) is 0. The average molecular weight is 285 g/mol. The first-order valence-electron chi connectivity index (χ1n) is 5.89. The van der Waals surface area contributed by atoms with Crippen LogP contribution in [0.1, 0.15) is 17.5 Å². The van der Waals surface area contributed by atoms with Crippen molar-refractivity contribution in [1.29, 1.82) is 0 Å². The molecule has 19 heavy (non-hydrogen) atoms. The Morgan fingerprint density at radius 3 is 2.47 bits per heavy atom. The van der Waals surface area contributed by atoms with Gasteiger partial charge in [-0.05, 0) is 25.5 Å². The highest BCUT2D eigenvalue weighted by atomic mass is 32.2. The van der Waals surface area contributed by atoms with Gasteiger partial charge in [0.1, 0.15) is 0 Å². The topological polar surface area (TPSA) is 63.7 Å². The van der Waals surface area contributed by atoms with Gasteiger partial charge in [0.15, 0.2) is 0 Å². The first kappa shape index (κ1) is 15.7. The summed E-state index contributed by atoms with van der Waals surface area (Å²) < 4.78 is 30.3. The summed E-state index contributed by atoms with van der Waals surface area (Å²) in [7, 11) is -0.830. The summed E-state index contributed by atoms with van der Waals surface area (Å²) in [5.41, 5.74) is 1.71. The largest absolute Gasteiger partial charge is 0.469 e. The summed E-state index contributed by atoms with van der Waals surface area (Å²) in [6.07, 6.45) is 0.0388. The van der Waals surface area contributed by atoms with Crippen molar-refractivity contribution in [3.8, 4) is 0 Å². The Labute approximate surface area is 114 Å². The van der Waals surface area contributed by atoms with Crippen LogP contribution in [0.2, 0.25) is 0 Å². The van der Waals surface area contributed by atoms with Gasteiger partial charge in [0.25, 0.3) is 0 Å². The molecule has 0 N–H and O–H groups in total. The molecule has 0 heterocycles. The molecule has 0 bridgehead atoms. The fourth-order valence-electron chi connectivity index (χ4n) is 1.73. The number of methoxy groups -OCH3 is 1. The second kappa shape index (κ2) is 6.16. The minimum absolute atomic E-state index is 0.0388. The maximum Gasteiger partial charge on any atom is 0.306 e. The van der Waals surface area contributed by atoms with Gasteiger partial charge < -0.3 is 4.74 Å². The summed E-state index contributed by atoms with van der Waals surface area (Å²) in [5.74, 6) is -0.428. The summed E-state index contributed by atoms with van der Waals surface area (Å²) in [6.45, 7) is 3.76. The quantitative estimate of drug-likeness (QED) is 0.769. The Hall–Kier alpha value is -1.40. The van der Waals surface area contributed by atoms with E-state index in [4.69, 9.17) is 0 Å². The highest BCUT2D eigenvalue weighted by Gasteiger charge is 2.23. The lowest BCUT2D eigenvalue weighted by molar-refractivity contribution is -0.140. The third-order valence-corrected chi connectivity index (χ3v) is 4.89.